The van der Waals surface area contributed by atoms with Gasteiger partial charge in [0.05, 0.1) is 36.6 Å². The molecule has 1 saturated heterocycles. The van der Waals surface area contributed by atoms with Gasteiger partial charge in [-0.25, -0.2) is 9.78 Å². The van der Waals surface area contributed by atoms with Crippen molar-refractivity contribution in [3.8, 4) is 0 Å². The average molecular weight is 461 g/mol. The first kappa shape index (κ1) is 21.6. The van der Waals surface area contributed by atoms with E-state index < -0.39 is 23.6 Å². The maximum absolute atomic E-state index is 13.1. The smallest absolute Gasteiger partial charge is 0.325 e. The SMILES string of the molecule is Cc1cc2ncn(CC(O)CN3C(=O)NC(C)(c4ccc(Cl)cc4Cl)C3=O)c2cc1C. The van der Waals surface area contributed by atoms with E-state index in [4.69, 9.17) is 23.2 Å². The Bertz CT molecular complexity index is 1210. The normalized spacial score (nSPS) is 19.9. The summed E-state index contributed by atoms with van der Waals surface area (Å²) in [7, 11) is 0. The molecule has 0 bridgehead atoms. The van der Waals surface area contributed by atoms with Crippen molar-refractivity contribution in [3.63, 3.8) is 0 Å². The van der Waals surface area contributed by atoms with Gasteiger partial charge in [0.2, 0.25) is 0 Å². The molecule has 2 aromatic carbocycles. The van der Waals surface area contributed by atoms with Crippen molar-refractivity contribution in [1.82, 2.24) is 19.8 Å². The Balaban J connectivity index is 1.54. The van der Waals surface area contributed by atoms with Crippen LogP contribution in [0, 0.1) is 13.8 Å². The number of aliphatic hydroxyl groups excluding tert-OH is 1. The average Bonchev–Trinajstić information content (AvgIpc) is 3.15. The number of aliphatic hydroxyl groups is 1. The number of carbonyl (C=O) groups excluding carboxylic acids is 2. The summed E-state index contributed by atoms with van der Waals surface area (Å²) in [6, 6.07) is 8.17. The van der Waals surface area contributed by atoms with E-state index in [-0.39, 0.29) is 18.1 Å². The highest BCUT2D eigenvalue weighted by atomic mass is 35.5. The van der Waals surface area contributed by atoms with Crippen molar-refractivity contribution in [2.75, 3.05) is 6.54 Å². The number of hydrogen-bond donors (Lipinski definition) is 2. The van der Waals surface area contributed by atoms with Gasteiger partial charge < -0.3 is 15.0 Å². The van der Waals surface area contributed by atoms with Crippen LogP contribution in [0.2, 0.25) is 10.0 Å². The van der Waals surface area contributed by atoms with E-state index in [1.54, 1.807) is 25.4 Å². The highest BCUT2D eigenvalue weighted by molar-refractivity contribution is 6.35. The molecule has 2 atom stereocenters. The zero-order valence-electron chi connectivity index (χ0n) is 17.3. The molecule has 1 aliphatic heterocycles. The third-order valence-corrected chi connectivity index (χ3v) is 6.33. The zero-order valence-corrected chi connectivity index (χ0v) is 18.8. The molecule has 7 nitrogen and oxygen atoms in total. The molecular formula is C22H22Cl2N4O3. The number of rotatable bonds is 5. The molecule has 1 aliphatic rings. The molecule has 4 rings (SSSR count). The molecule has 3 amide bonds. The number of imidazole rings is 1. The number of fused-ring (bicyclic) bond motifs is 1. The second-order valence-corrected chi connectivity index (χ2v) is 8.91. The van der Waals surface area contributed by atoms with Crippen LogP contribution in [0.5, 0.6) is 0 Å². The Kier molecular flexibility index (Phi) is 5.45. The summed E-state index contributed by atoms with van der Waals surface area (Å²) in [6.45, 7) is 5.65. The molecule has 0 saturated carbocycles. The number of halogens is 2. The largest absolute Gasteiger partial charge is 0.389 e. The zero-order chi connectivity index (χ0) is 22.5. The lowest BCUT2D eigenvalue weighted by molar-refractivity contribution is -0.132. The number of aryl methyl sites for hydroxylation is 2. The summed E-state index contributed by atoms with van der Waals surface area (Å²) in [5.74, 6) is -0.484. The Morgan fingerprint density at radius 1 is 1.13 bits per heavy atom. The minimum absolute atomic E-state index is 0.157. The van der Waals surface area contributed by atoms with Crippen molar-refractivity contribution < 1.29 is 14.7 Å². The summed E-state index contributed by atoms with van der Waals surface area (Å²) in [5, 5.41) is 14.1. The summed E-state index contributed by atoms with van der Waals surface area (Å²) in [4.78, 5) is 31.1. The number of carbonyl (C=O) groups is 2. The molecular weight excluding hydrogens is 439 g/mol. The lowest BCUT2D eigenvalue weighted by Crippen LogP contribution is -2.42. The first-order valence-electron chi connectivity index (χ1n) is 9.80. The van der Waals surface area contributed by atoms with Crippen LogP contribution < -0.4 is 5.32 Å². The van der Waals surface area contributed by atoms with Gasteiger partial charge in [0.1, 0.15) is 5.54 Å². The molecule has 2 unspecified atom stereocenters. The molecule has 2 N–H and O–H groups in total. The molecule has 9 heteroatoms. The van der Waals surface area contributed by atoms with Gasteiger partial charge in [0.25, 0.3) is 5.91 Å². The van der Waals surface area contributed by atoms with Crippen molar-refractivity contribution in [3.05, 3.63) is 63.4 Å². The maximum atomic E-state index is 13.1. The van der Waals surface area contributed by atoms with Gasteiger partial charge in [0.15, 0.2) is 0 Å². The van der Waals surface area contributed by atoms with Gasteiger partial charge in [-0.3, -0.25) is 9.69 Å². The van der Waals surface area contributed by atoms with E-state index in [2.05, 4.69) is 10.3 Å². The van der Waals surface area contributed by atoms with Crippen LogP contribution in [0.1, 0.15) is 23.6 Å². The number of hydrogen-bond acceptors (Lipinski definition) is 4. The number of urea groups is 1. The molecule has 0 aliphatic carbocycles. The van der Waals surface area contributed by atoms with Crippen molar-refractivity contribution in [2.24, 2.45) is 0 Å². The maximum Gasteiger partial charge on any atom is 0.325 e. The lowest BCUT2D eigenvalue weighted by atomic mass is 9.92. The van der Waals surface area contributed by atoms with Gasteiger partial charge in [-0.15, -0.1) is 0 Å². The van der Waals surface area contributed by atoms with E-state index in [1.807, 2.05) is 30.5 Å². The summed E-state index contributed by atoms with van der Waals surface area (Å²) in [6.07, 6.45) is 0.674. The van der Waals surface area contributed by atoms with Gasteiger partial charge in [-0.1, -0.05) is 29.3 Å². The Morgan fingerprint density at radius 3 is 2.55 bits per heavy atom. The molecule has 1 aromatic heterocycles. The Labute approximate surface area is 189 Å². The first-order chi connectivity index (χ1) is 14.6. The van der Waals surface area contributed by atoms with Crippen LogP contribution >= 0.6 is 23.2 Å². The molecule has 0 radical (unpaired) electrons. The van der Waals surface area contributed by atoms with Crippen molar-refractivity contribution >= 4 is 46.2 Å². The van der Waals surface area contributed by atoms with Crippen LogP contribution in [0.15, 0.2) is 36.7 Å². The van der Waals surface area contributed by atoms with Crippen LogP contribution in [-0.2, 0) is 16.9 Å². The fraction of sp³-hybridized carbons (Fsp3) is 0.318. The van der Waals surface area contributed by atoms with E-state index in [1.165, 1.54) is 6.07 Å². The van der Waals surface area contributed by atoms with E-state index in [9.17, 15) is 14.7 Å². The number of nitrogens with zero attached hydrogens (tertiary/aromatic N) is 3. The fourth-order valence-corrected chi connectivity index (χ4v) is 4.49. The van der Waals surface area contributed by atoms with Crippen molar-refractivity contribution in [1.29, 1.82) is 0 Å². The number of aromatic nitrogens is 2. The molecule has 0 spiro atoms. The summed E-state index contributed by atoms with van der Waals surface area (Å²) >= 11 is 12.2. The highest BCUT2D eigenvalue weighted by Gasteiger charge is 2.50. The van der Waals surface area contributed by atoms with Gasteiger partial charge >= 0.3 is 6.03 Å². The number of β-amino-alcohol motifs (C(OH)–C–C–N with tert-alkyl or cyclic N) is 1. The minimum atomic E-state index is -1.34. The Morgan fingerprint density at radius 2 is 1.84 bits per heavy atom. The third kappa shape index (κ3) is 3.78. The third-order valence-electron chi connectivity index (χ3n) is 5.78. The van der Waals surface area contributed by atoms with Gasteiger partial charge in [0, 0.05) is 15.6 Å². The molecule has 1 fully saturated rings. The molecule has 2 heterocycles. The van der Waals surface area contributed by atoms with E-state index in [0.717, 1.165) is 27.1 Å². The fourth-order valence-electron chi connectivity index (χ4n) is 3.89. The minimum Gasteiger partial charge on any atom is -0.389 e. The predicted octanol–water partition coefficient (Wildman–Crippen LogP) is 3.79. The predicted molar refractivity (Wildman–Crippen MR) is 119 cm³/mol. The van der Waals surface area contributed by atoms with Crippen molar-refractivity contribution in [2.45, 2.75) is 39.0 Å². The van der Waals surface area contributed by atoms with Crippen LogP contribution in [0.4, 0.5) is 4.79 Å². The number of imide groups is 1. The van der Waals surface area contributed by atoms with Gasteiger partial charge in [-0.05, 0) is 56.2 Å². The van der Waals surface area contributed by atoms with E-state index in [0.29, 0.717) is 10.6 Å². The standard InChI is InChI=1S/C22H22Cl2N4O3/c1-12-6-18-19(7-13(12)2)27(11-25-18)9-15(29)10-28-20(30)22(3,26-21(28)31)16-5-4-14(23)8-17(16)24/h4-8,11,15,29H,9-10H2,1-3H3,(H,26,31). The van der Waals surface area contributed by atoms with Crippen LogP contribution in [0.3, 0.4) is 0 Å². The lowest BCUT2D eigenvalue weighted by Gasteiger charge is -2.24. The monoisotopic (exact) mass is 460 g/mol. The Hall–Kier alpha value is -2.61. The number of amides is 3. The quantitative estimate of drug-likeness (QED) is 0.566. The van der Waals surface area contributed by atoms with E-state index >= 15 is 0 Å². The van der Waals surface area contributed by atoms with Crippen LogP contribution in [0.25, 0.3) is 11.0 Å². The second kappa shape index (κ2) is 7.82. The topological polar surface area (TPSA) is 87.5 Å². The summed E-state index contributed by atoms with van der Waals surface area (Å²) in [5.41, 5.74) is 3.08. The molecule has 3 aromatic rings. The number of benzene rings is 2. The summed E-state index contributed by atoms with van der Waals surface area (Å²) < 4.78 is 1.82. The first-order valence-corrected chi connectivity index (χ1v) is 10.6. The van der Waals surface area contributed by atoms with Crippen LogP contribution in [-0.4, -0.2) is 44.1 Å². The second-order valence-electron chi connectivity index (χ2n) is 8.07. The number of nitrogens with one attached hydrogen (secondary N) is 1. The molecule has 31 heavy (non-hydrogen) atoms. The van der Waals surface area contributed by atoms with Gasteiger partial charge in [-0.2, -0.15) is 0 Å². The molecule has 162 valence electrons. The highest BCUT2D eigenvalue weighted by Crippen LogP contribution is 2.35.